The Morgan fingerprint density at radius 1 is 1.33 bits per heavy atom. The molecule has 10 heteroatoms. The van der Waals surface area contributed by atoms with Gasteiger partial charge in [-0.05, 0) is 32.4 Å². The van der Waals surface area contributed by atoms with E-state index in [0.717, 1.165) is 18.2 Å². The lowest BCUT2D eigenvalue weighted by Crippen LogP contribution is -2.23. The highest BCUT2D eigenvalue weighted by Gasteiger charge is 2.20. The van der Waals surface area contributed by atoms with Gasteiger partial charge in [0.15, 0.2) is 11.5 Å². The van der Waals surface area contributed by atoms with Crippen molar-refractivity contribution in [2.75, 3.05) is 20.3 Å². The molecule has 1 rings (SSSR count). The smallest absolute Gasteiger partial charge is 0.387 e. The summed E-state index contributed by atoms with van der Waals surface area (Å²) in [7, 11) is 1.21. The first kappa shape index (κ1) is 22.3. The van der Waals surface area contributed by atoms with Crippen LogP contribution in [0.1, 0.15) is 25.8 Å². The van der Waals surface area contributed by atoms with E-state index < -0.39 is 28.9 Å². The highest BCUT2D eigenvalue weighted by atomic mass is 19.3. The lowest BCUT2D eigenvalue weighted by molar-refractivity contribution is -0.385. The molecular weight excluding hydrogens is 366 g/mol. The van der Waals surface area contributed by atoms with Gasteiger partial charge in [-0.3, -0.25) is 14.9 Å². The highest BCUT2D eigenvalue weighted by Crippen LogP contribution is 2.36. The molecule has 1 aromatic rings. The average molecular weight is 388 g/mol. The second-order valence-corrected chi connectivity index (χ2v) is 5.59. The predicted molar refractivity (Wildman–Crippen MR) is 94.0 cm³/mol. The molecule has 0 saturated carbocycles. The highest BCUT2D eigenvalue weighted by molar-refractivity contribution is 5.92. The van der Waals surface area contributed by atoms with Gasteiger partial charge in [-0.2, -0.15) is 8.78 Å². The summed E-state index contributed by atoms with van der Waals surface area (Å²) in [5.74, 6) is -1.04. The first-order valence-corrected chi connectivity index (χ1v) is 8.13. The number of nitrogens with zero attached hydrogens (tertiary/aromatic N) is 1. The number of hydrogen-bond acceptors (Lipinski definition) is 6. The summed E-state index contributed by atoms with van der Waals surface area (Å²) in [5, 5.41) is 13.8. The minimum Gasteiger partial charge on any atom is -0.493 e. The number of ether oxygens (including phenoxy) is 3. The number of carbonyl (C=O) groups is 1. The van der Waals surface area contributed by atoms with Gasteiger partial charge in [-0.15, -0.1) is 0 Å². The van der Waals surface area contributed by atoms with E-state index in [0.29, 0.717) is 19.6 Å². The molecule has 0 atom stereocenters. The molecule has 0 aliphatic heterocycles. The van der Waals surface area contributed by atoms with Gasteiger partial charge in [0.25, 0.3) is 5.69 Å². The summed E-state index contributed by atoms with van der Waals surface area (Å²) in [6, 6.07) is 1.97. The Morgan fingerprint density at radius 3 is 2.59 bits per heavy atom. The zero-order valence-corrected chi connectivity index (χ0v) is 15.2. The molecule has 150 valence electrons. The van der Waals surface area contributed by atoms with Crippen molar-refractivity contribution in [1.29, 1.82) is 0 Å². The molecular formula is C17H22F2N2O6. The van der Waals surface area contributed by atoms with Gasteiger partial charge in [-0.1, -0.05) is 0 Å². The largest absolute Gasteiger partial charge is 0.493 e. The van der Waals surface area contributed by atoms with Crippen LogP contribution in [0.15, 0.2) is 18.2 Å². The lowest BCUT2D eigenvalue weighted by Gasteiger charge is -2.11. The zero-order chi connectivity index (χ0) is 20.4. The molecule has 1 N–H and O–H groups in total. The fourth-order valence-electron chi connectivity index (χ4n) is 2.03. The number of halogens is 2. The third kappa shape index (κ3) is 7.99. The van der Waals surface area contributed by atoms with Crippen LogP contribution in [-0.4, -0.2) is 43.8 Å². The average Bonchev–Trinajstić information content (AvgIpc) is 2.58. The number of nitro benzene ring substituents is 1. The minimum absolute atomic E-state index is 0.0109. The van der Waals surface area contributed by atoms with E-state index in [1.54, 1.807) is 0 Å². The normalized spacial score (nSPS) is 11.2. The number of carbonyl (C=O) groups excluding carboxylic acids is 1. The summed E-state index contributed by atoms with van der Waals surface area (Å²) in [4.78, 5) is 22.2. The van der Waals surface area contributed by atoms with Crippen LogP contribution in [0.4, 0.5) is 14.5 Å². The first-order chi connectivity index (χ1) is 12.7. The molecule has 0 fully saturated rings. The zero-order valence-electron chi connectivity index (χ0n) is 15.2. The van der Waals surface area contributed by atoms with Gasteiger partial charge in [0.05, 0.1) is 29.8 Å². The molecule has 0 aliphatic carbocycles. The van der Waals surface area contributed by atoms with Crippen LogP contribution >= 0.6 is 0 Å². The first-order valence-electron chi connectivity index (χ1n) is 8.13. The van der Waals surface area contributed by atoms with Crippen LogP contribution in [0.25, 0.3) is 6.08 Å². The van der Waals surface area contributed by atoms with Crippen molar-refractivity contribution in [2.45, 2.75) is 33.0 Å². The fraction of sp³-hybridized carbons (Fsp3) is 0.471. The summed E-state index contributed by atoms with van der Waals surface area (Å²) >= 11 is 0. The third-order valence-electron chi connectivity index (χ3n) is 3.21. The van der Waals surface area contributed by atoms with E-state index in [4.69, 9.17) is 9.47 Å². The SMILES string of the molecule is COc1cc(/C=C/C(=O)NCCCOC(C)C)c([N+](=O)[O-])cc1OC(F)F. The van der Waals surface area contributed by atoms with Crippen molar-refractivity contribution in [2.24, 2.45) is 0 Å². The van der Waals surface area contributed by atoms with Crippen molar-refractivity contribution >= 4 is 17.7 Å². The van der Waals surface area contributed by atoms with Crippen LogP contribution < -0.4 is 14.8 Å². The van der Waals surface area contributed by atoms with Crippen molar-refractivity contribution in [3.8, 4) is 11.5 Å². The van der Waals surface area contributed by atoms with Crippen LogP contribution in [0.5, 0.6) is 11.5 Å². The number of nitrogens with one attached hydrogen (secondary N) is 1. The number of methoxy groups -OCH3 is 1. The minimum atomic E-state index is -3.16. The topological polar surface area (TPSA) is 99.9 Å². The van der Waals surface area contributed by atoms with Crippen LogP contribution in [0.3, 0.4) is 0 Å². The molecule has 0 aliphatic rings. The van der Waals surface area contributed by atoms with Crippen LogP contribution in [-0.2, 0) is 9.53 Å². The molecule has 1 amide bonds. The van der Waals surface area contributed by atoms with E-state index >= 15 is 0 Å². The number of amides is 1. The van der Waals surface area contributed by atoms with Crippen molar-refractivity contribution in [3.05, 3.63) is 33.9 Å². The Balaban J connectivity index is 2.83. The Hall–Kier alpha value is -2.75. The molecule has 0 radical (unpaired) electrons. The molecule has 0 saturated heterocycles. The summed E-state index contributed by atoms with van der Waals surface area (Å²) in [6.07, 6.45) is 3.03. The molecule has 0 aromatic heterocycles. The standard InChI is InChI=1S/C17H22F2N2O6/c1-11(2)26-8-4-7-20-16(22)6-5-12-9-14(25-3)15(27-17(18)19)10-13(12)21(23)24/h5-6,9-11,17H,4,7-8H2,1-3H3,(H,20,22)/b6-5+. The third-order valence-corrected chi connectivity index (χ3v) is 3.21. The van der Waals surface area contributed by atoms with Crippen LogP contribution in [0.2, 0.25) is 0 Å². The quantitative estimate of drug-likeness (QED) is 0.271. The van der Waals surface area contributed by atoms with Gasteiger partial charge in [-0.25, -0.2) is 0 Å². The van der Waals surface area contributed by atoms with Crippen molar-refractivity contribution in [1.82, 2.24) is 5.32 Å². The molecule has 8 nitrogen and oxygen atoms in total. The Kier molecular flexibility index (Phi) is 9.14. The fourth-order valence-corrected chi connectivity index (χ4v) is 2.03. The van der Waals surface area contributed by atoms with Crippen LogP contribution in [0, 0.1) is 10.1 Å². The number of alkyl halides is 2. The van der Waals surface area contributed by atoms with E-state index in [9.17, 15) is 23.7 Å². The molecule has 1 aromatic carbocycles. The lowest BCUT2D eigenvalue weighted by atomic mass is 10.1. The van der Waals surface area contributed by atoms with Gasteiger partial charge in [0.2, 0.25) is 5.91 Å². The molecule has 0 unspecified atom stereocenters. The molecule has 0 bridgehead atoms. The van der Waals surface area contributed by atoms with Crippen molar-refractivity contribution < 1.29 is 32.7 Å². The summed E-state index contributed by atoms with van der Waals surface area (Å²) < 4.78 is 39.3. The van der Waals surface area contributed by atoms with E-state index in [2.05, 4.69) is 10.1 Å². The summed E-state index contributed by atoms with van der Waals surface area (Å²) in [6.45, 7) is 1.52. The number of nitro groups is 1. The van der Waals surface area contributed by atoms with Gasteiger partial charge >= 0.3 is 6.61 Å². The maximum Gasteiger partial charge on any atom is 0.387 e. The maximum absolute atomic E-state index is 12.4. The predicted octanol–water partition coefficient (Wildman–Crippen LogP) is 3.15. The Labute approximate surface area is 155 Å². The number of benzene rings is 1. The monoisotopic (exact) mass is 388 g/mol. The second kappa shape index (κ2) is 11.1. The second-order valence-electron chi connectivity index (χ2n) is 5.59. The molecule has 0 heterocycles. The Bertz CT molecular complexity index is 680. The Morgan fingerprint density at radius 2 is 2.04 bits per heavy atom. The van der Waals surface area contributed by atoms with Gasteiger partial charge < -0.3 is 19.5 Å². The van der Waals surface area contributed by atoms with E-state index in [1.165, 1.54) is 13.2 Å². The number of hydrogen-bond donors (Lipinski definition) is 1. The van der Waals surface area contributed by atoms with Crippen molar-refractivity contribution in [3.63, 3.8) is 0 Å². The van der Waals surface area contributed by atoms with E-state index in [-0.39, 0.29) is 17.4 Å². The van der Waals surface area contributed by atoms with Gasteiger partial charge in [0, 0.05) is 19.2 Å². The summed E-state index contributed by atoms with van der Waals surface area (Å²) in [5.41, 5.74) is -0.488. The number of rotatable bonds is 11. The molecule has 0 spiro atoms. The maximum atomic E-state index is 12.4. The van der Waals surface area contributed by atoms with Gasteiger partial charge in [0.1, 0.15) is 0 Å². The van der Waals surface area contributed by atoms with E-state index in [1.807, 2.05) is 13.8 Å². The molecule has 27 heavy (non-hydrogen) atoms.